The molecule has 10 rings (SSSR count). The molecule has 4 heteroatoms. The summed E-state index contributed by atoms with van der Waals surface area (Å²) in [5.74, 6) is 0. The van der Waals surface area contributed by atoms with Gasteiger partial charge in [-0.3, -0.25) is 0 Å². The fourth-order valence-electron chi connectivity index (χ4n) is 10.5. The molecule has 3 aliphatic rings. The Morgan fingerprint density at radius 1 is 0.593 bits per heavy atom. The average Bonchev–Trinajstić information content (AvgIpc) is 3.58. The Morgan fingerprint density at radius 3 is 1.92 bits per heavy atom. The molecule has 1 aromatic heterocycles. The van der Waals surface area contributed by atoms with E-state index in [9.17, 15) is 0 Å². The Bertz CT molecular complexity index is 2810. The maximum absolute atomic E-state index is 2.69. The molecule has 2 nitrogen and oxygen atoms in total. The van der Waals surface area contributed by atoms with Gasteiger partial charge in [-0.25, -0.2) is 0 Å². The fraction of sp³-hybridized carbons (Fsp3) is 0.309. The molecule has 0 amide bonds. The van der Waals surface area contributed by atoms with E-state index in [-0.39, 0.29) is 28.4 Å². The Morgan fingerprint density at radius 2 is 1.22 bits per heavy atom. The number of thiophene rings is 1. The summed E-state index contributed by atoms with van der Waals surface area (Å²) in [5, 5.41) is 2.69. The van der Waals surface area contributed by atoms with Crippen LogP contribution < -0.4 is 26.2 Å². The first-order chi connectivity index (χ1) is 27.9. The zero-order chi connectivity index (χ0) is 41.4. The number of hydrogen-bond donors (Lipinski definition) is 0. The first kappa shape index (κ1) is 38.2. The highest BCUT2D eigenvalue weighted by Gasteiger charge is 2.49. The van der Waals surface area contributed by atoms with Crippen LogP contribution in [-0.2, 0) is 21.7 Å². The van der Waals surface area contributed by atoms with Crippen LogP contribution in [0.25, 0.3) is 21.2 Å². The number of anilines is 6. The van der Waals surface area contributed by atoms with Crippen molar-refractivity contribution < 1.29 is 0 Å². The third-order valence-electron chi connectivity index (χ3n) is 13.9. The minimum Gasteiger partial charge on any atom is -0.311 e. The third kappa shape index (κ3) is 5.87. The van der Waals surface area contributed by atoms with E-state index >= 15 is 0 Å². The summed E-state index contributed by atoms with van der Waals surface area (Å²) in [7, 11) is 0. The molecule has 0 saturated heterocycles. The van der Waals surface area contributed by atoms with Gasteiger partial charge in [0.1, 0.15) is 0 Å². The van der Waals surface area contributed by atoms with E-state index in [4.69, 9.17) is 0 Å². The van der Waals surface area contributed by atoms with Crippen LogP contribution in [0, 0.1) is 6.92 Å². The van der Waals surface area contributed by atoms with Crippen LogP contribution in [0.2, 0.25) is 0 Å². The molecule has 0 spiro atoms. The van der Waals surface area contributed by atoms with Crippen molar-refractivity contribution in [3.63, 3.8) is 0 Å². The summed E-state index contributed by atoms with van der Waals surface area (Å²) < 4.78 is 1.34. The van der Waals surface area contributed by atoms with Gasteiger partial charge in [0.25, 0.3) is 6.71 Å². The third-order valence-corrected chi connectivity index (χ3v) is 15.0. The minimum atomic E-state index is 0.00356. The highest BCUT2D eigenvalue weighted by molar-refractivity contribution is 7.26. The van der Waals surface area contributed by atoms with Crippen LogP contribution in [0.4, 0.5) is 33.4 Å². The standard InChI is InChI=1S/C55H57BN2S/c1-34-31-44-49-45(32-34)58(43-28-23-37(53(5,6)7)33-40(43)35-17-13-12-14-18-35)51-48(39-19-15-16-20-46(39)59-51)56(49)42-27-26-41-47(55(10,11)30-29-54(41,8)9)50(42)57(44)38-24-21-36(22-25-38)52(2,3)4/h12-28,31-33H,29-30H2,1-11H3. The Balaban J connectivity index is 1.35. The van der Waals surface area contributed by atoms with Gasteiger partial charge in [0.2, 0.25) is 0 Å². The molecule has 1 aliphatic carbocycles. The van der Waals surface area contributed by atoms with E-state index in [1.54, 1.807) is 0 Å². The molecular formula is C55H57BN2S. The van der Waals surface area contributed by atoms with Crippen LogP contribution in [0.3, 0.4) is 0 Å². The summed E-state index contributed by atoms with van der Waals surface area (Å²) in [6, 6.07) is 47.0. The summed E-state index contributed by atoms with van der Waals surface area (Å²) >= 11 is 1.95. The lowest BCUT2D eigenvalue weighted by Gasteiger charge is -2.49. The number of nitrogens with zero attached hydrogens (tertiary/aromatic N) is 2. The fourth-order valence-corrected chi connectivity index (χ4v) is 11.8. The Kier molecular flexibility index (Phi) is 8.39. The molecule has 3 heterocycles. The molecule has 0 atom stereocenters. The number of hydrogen-bond acceptors (Lipinski definition) is 3. The Hall–Kier alpha value is -5.06. The van der Waals surface area contributed by atoms with Crippen molar-refractivity contribution in [1.29, 1.82) is 0 Å². The summed E-state index contributed by atoms with van der Waals surface area (Å²) in [6.07, 6.45) is 2.34. The molecular weight excluding hydrogens is 731 g/mol. The number of fused-ring (bicyclic) bond motifs is 8. The van der Waals surface area contributed by atoms with Crippen LogP contribution in [0.1, 0.15) is 110 Å². The lowest BCUT2D eigenvalue weighted by atomic mass is 9.33. The lowest BCUT2D eigenvalue weighted by molar-refractivity contribution is 0.333. The van der Waals surface area contributed by atoms with Crippen LogP contribution in [0.5, 0.6) is 0 Å². The normalized spacial score (nSPS) is 16.4. The van der Waals surface area contributed by atoms with Gasteiger partial charge in [-0.1, -0.05) is 148 Å². The van der Waals surface area contributed by atoms with E-state index in [2.05, 4.69) is 207 Å². The molecule has 7 aromatic rings. The van der Waals surface area contributed by atoms with Gasteiger partial charge in [-0.05, 0) is 139 Å². The highest BCUT2D eigenvalue weighted by atomic mass is 32.1. The lowest BCUT2D eigenvalue weighted by Crippen LogP contribution is -2.61. The minimum absolute atomic E-state index is 0.00356. The van der Waals surface area contributed by atoms with E-state index < -0.39 is 0 Å². The summed E-state index contributed by atoms with van der Waals surface area (Å²) in [4.78, 5) is 5.33. The Labute approximate surface area is 357 Å². The zero-order valence-corrected chi connectivity index (χ0v) is 37.7. The first-order valence-corrected chi connectivity index (χ1v) is 22.5. The molecule has 0 N–H and O–H groups in total. The van der Waals surface area contributed by atoms with Gasteiger partial charge in [0, 0.05) is 33.0 Å². The quantitative estimate of drug-likeness (QED) is 0.165. The maximum atomic E-state index is 2.69. The first-order valence-electron chi connectivity index (χ1n) is 21.7. The van der Waals surface area contributed by atoms with Gasteiger partial charge in [-0.2, -0.15) is 0 Å². The van der Waals surface area contributed by atoms with Gasteiger partial charge in [-0.15, -0.1) is 11.3 Å². The smallest absolute Gasteiger partial charge is 0.254 e. The molecule has 0 unspecified atom stereocenters. The van der Waals surface area contributed by atoms with Gasteiger partial charge < -0.3 is 9.80 Å². The summed E-state index contributed by atoms with van der Waals surface area (Å²) in [6.45, 7) is 26.2. The predicted octanol–water partition coefficient (Wildman–Crippen LogP) is 13.9. The molecule has 0 radical (unpaired) electrons. The summed E-state index contributed by atoms with van der Waals surface area (Å²) in [5.41, 5.74) is 20.3. The van der Waals surface area contributed by atoms with Gasteiger partial charge >= 0.3 is 0 Å². The molecule has 296 valence electrons. The second-order valence-electron chi connectivity index (χ2n) is 21.0. The molecule has 59 heavy (non-hydrogen) atoms. The monoisotopic (exact) mass is 788 g/mol. The second-order valence-corrected chi connectivity index (χ2v) is 22.0. The molecule has 6 aromatic carbocycles. The second kappa shape index (κ2) is 13.0. The van der Waals surface area contributed by atoms with Crippen molar-refractivity contribution in [1.82, 2.24) is 0 Å². The van der Waals surface area contributed by atoms with Gasteiger partial charge in [0.15, 0.2) is 0 Å². The van der Waals surface area contributed by atoms with Crippen LogP contribution in [-0.4, -0.2) is 6.71 Å². The van der Waals surface area contributed by atoms with Crippen LogP contribution >= 0.6 is 11.3 Å². The van der Waals surface area contributed by atoms with E-state index in [0.29, 0.717) is 0 Å². The molecule has 0 saturated carbocycles. The SMILES string of the molecule is Cc1cc2c3c(c1)N(c1ccc(C(C)(C)C)cc1)c1c(ccc4c1C(C)(C)CCC4(C)C)B3c1c(sc3ccccc13)N2c1ccc(C(C)(C)C)cc1-c1ccccc1. The molecule has 2 aliphatic heterocycles. The van der Waals surface area contributed by atoms with E-state index in [0.717, 1.165) is 6.42 Å². The van der Waals surface area contributed by atoms with E-state index in [1.165, 1.54) is 105 Å². The van der Waals surface area contributed by atoms with Crippen molar-refractivity contribution in [2.24, 2.45) is 0 Å². The maximum Gasteiger partial charge on any atom is 0.254 e. The van der Waals surface area contributed by atoms with Crippen molar-refractivity contribution in [3.8, 4) is 11.1 Å². The van der Waals surface area contributed by atoms with Crippen molar-refractivity contribution in [2.45, 2.75) is 111 Å². The highest BCUT2D eigenvalue weighted by Crippen LogP contribution is 2.55. The van der Waals surface area contributed by atoms with Crippen LogP contribution in [0.15, 0.2) is 121 Å². The molecule has 0 bridgehead atoms. The molecule has 0 fully saturated rings. The predicted molar refractivity (Wildman–Crippen MR) is 259 cm³/mol. The number of benzene rings is 6. The zero-order valence-electron chi connectivity index (χ0n) is 36.8. The largest absolute Gasteiger partial charge is 0.311 e. The van der Waals surface area contributed by atoms with Crippen molar-refractivity contribution in [3.05, 3.63) is 149 Å². The number of rotatable bonds is 3. The van der Waals surface area contributed by atoms with E-state index in [1.807, 2.05) is 11.3 Å². The topological polar surface area (TPSA) is 6.48 Å². The van der Waals surface area contributed by atoms with Gasteiger partial charge in [0.05, 0.1) is 10.7 Å². The van der Waals surface area contributed by atoms with Crippen molar-refractivity contribution >= 4 is 78.0 Å². The average molecular weight is 789 g/mol. The number of aryl methyl sites for hydroxylation is 1. The van der Waals surface area contributed by atoms with Crippen molar-refractivity contribution in [2.75, 3.05) is 9.80 Å².